The molecule has 0 spiro atoms. The minimum absolute atomic E-state index is 0.0138. The van der Waals surface area contributed by atoms with Crippen LogP contribution in [0.3, 0.4) is 0 Å². The Morgan fingerprint density at radius 2 is 2.03 bits per heavy atom. The van der Waals surface area contributed by atoms with Gasteiger partial charge in [-0.15, -0.1) is 6.42 Å². The Labute approximate surface area is 209 Å². The van der Waals surface area contributed by atoms with Crippen LogP contribution in [-0.4, -0.2) is 50.2 Å². The number of anilines is 2. The number of aliphatic hydroxyl groups is 1. The van der Waals surface area contributed by atoms with Crippen molar-refractivity contribution in [3.63, 3.8) is 0 Å². The molecule has 0 bridgehead atoms. The maximum atomic E-state index is 14.6. The van der Waals surface area contributed by atoms with Crippen LogP contribution in [0, 0.1) is 18.2 Å². The lowest BCUT2D eigenvalue weighted by molar-refractivity contribution is -0.137. The molecule has 0 amide bonds. The highest BCUT2D eigenvalue weighted by Gasteiger charge is 2.36. The van der Waals surface area contributed by atoms with Crippen LogP contribution >= 0.6 is 11.9 Å². The molecule has 0 saturated carbocycles. The van der Waals surface area contributed by atoms with E-state index in [1.54, 1.807) is 19.9 Å². The summed E-state index contributed by atoms with van der Waals surface area (Å²) in [5, 5.41) is 16.6. The normalized spacial score (nSPS) is 11.9. The number of alkyl halides is 3. The van der Waals surface area contributed by atoms with Crippen molar-refractivity contribution in [3.8, 4) is 23.6 Å². The van der Waals surface area contributed by atoms with Crippen LogP contribution in [0.1, 0.15) is 19.4 Å². The Morgan fingerprint density at radius 3 is 2.69 bits per heavy atom. The highest BCUT2D eigenvalue weighted by molar-refractivity contribution is 7.97. The van der Waals surface area contributed by atoms with E-state index >= 15 is 0 Å². The lowest BCUT2D eigenvalue weighted by atomic mass is 10.1. The fourth-order valence-electron chi connectivity index (χ4n) is 3.00. The SMILES string of the molecule is C#CCOCCNSc1ccc(Nc2ncc(C(F)(F)F)c(-c3cnn(CC(C)(C)O)c3)n2)c(F)c1. The standard InChI is InChI=1S/C23H24F4N6O2S/c1-4-8-35-9-7-30-36-16-5-6-19(18(24)10-16)31-21-28-12-17(23(25,26)27)20(32-21)15-11-29-33(13-15)14-22(2,3)34/h1,5-6,10-13,30,34H,7-9,14H2,2-3H3,(H,28,31,32). The van der Waals surface area contributed by atoms with Crippen LogP contribution in [0.4, 0.5) is 29.2 Å². The zero-order valence-corrected chi connectivity index (χ0v) is 20.3. The van der Waals surface area contributed by atoms with Gasteiger partial charge < -0.3 is 15.2 Å². The number of hydrogen-bond acceptors (Lipinski definition) is 8. The number of halogens is 4. The molecule has 1 aromatic carbocycles. The summed E-state index contributed by atoms with van der Waals surface area (Å²) in [5.74, 6) is 1.48. The second kappa shape index (κ2) is 11.7. The van der Waals surface area contributed by atoms with Crippen molar-refractivity contribution in [2.75, 3.05) is 25.1 Å². The molecule has 0 aliphatic rings. The van der Waals surface area contributed by atoms with Gasteiger partial charge in [0.25, 0.3) is 0 Å². The van der Waals surface area contributed by atoms with E-state index in [0.717, 1.165) is 0 Å². The van der Waals surface area contributed by atoms with Gasteiger partial charge in [0.2, 0.25) is 5.95 Å². The highest BCUT2D eigenvalue weighted by Crippen LogP contribution is 2.36. The maximum absolute atomic E-state index is 14.6. The van der Waals surface area contributed by atoms with E-state index in [-0.39, 0.29) is 30.4 Å². The maximum Gasteiger partial charge on any atom is 0.419 e. The number of aromatic nitrogens is 4. The molecule has 2 heterocycles. The third kappa shape index (κ3) is 7.92. The van der Waals surface area contributed by atoms with Gasteiger partial charge in [0.15, 0.2) is 0 Å². The molecule has 0 unspecified atom stereocenters. The molecule has 3 N–H and O–H groups in total. The first-order valence-electron chi connectivity index (χ1n) is 10.6. The van der Waals surface area contributed by atoms with Crippen LogP contribution in [0.15, 0.2) is 41.7 Å². The summed E-state index contributed by atoms with van der Waals surface area (Å²) in [6.45, 7) is 4.25. The zero-order chi connectivity index (χ0) is 26.3. The lowest BCUT2D eigenvalue weighted by Gasteiger charge is -2.16. The minimum Gasteiger partial charge on any atom is -0.389 e. The van der Waals surface area contributed by atoms with Crippen LogP contribution < -0.4 is 10.0 Å². The summed E-state index contributed by atoms with van der Waals surface area (Å²) in [5.41, 5.74) is -2.56. The summed E-state index contributed by atoms with van der Waals surface area (Å²) >= 11 is 1.19. The monoisotopic (exact) mass is 524 g/mol. The molecule has 36 heavy (non-hydrogen) atoms. The molecule has 0 aliphatic heterocycles. The van der Waals surface area contributed by atoms with E-state index in [9.17, 15) is 22.7 Å². The Hall–Kier alpha value is -3.18. The van der Waals surface area contributed by atoms with Crippen molar-refractivity contribution >= 4 is 23.6 Å². The summed E-state index contributed by atoms with van der Waals surface area (Å²) in [7, 11) is 0. The van der Waals surface area contributed by atoms with Crippen LogP contribution in [0.25, 0.3) is 11.3 Å². The molecule has 0 atom stereocenters. The fraction of sp³-hybridized carbons (Fsp3) is 0.348. The summed E-state index contributed by atoms with van der Waals surface area (Å²) in [6.07, 6.45) is 3.55. The van der Waals surface area contributed by atoms with Crippen molar-refractivity contribution in [1.82, 2.24) is 24.5 Å². The van der Waals surface area contributed by atoms with Crippen LogP contribution in [0.5, 0.6) is 0 Å². The molecule has 0 saturated heterocycles. The average molecular weight is 525 g/mol. The first-order chi connectivity index (χ1) is 17.0. The van der Waals surface area contributed by atoms with Gasteiger partial charge in [0, 0.05) is 29.4 Å². The molecule has 13 heteroatoms. The molecule has 2 aromatic heterocycles. The third-order valence-electron chi connectivity index (χ3n) is 4.46. The van der Waals surface area contributed by atoms with Gasteiger partial charge in [-0.3, -0.25) is 9.40 Å². The van der Waals surface area contributed by atoms with Gasteiger partial charge in [-0.25, -0.2) is 14.4 Å². The molecule has 0 radical (unpaired) electrons. The molecule has 0 aliphatic carbocycles. The summed E-state index contributed by atoms with van der Waals surface area (Å²) < 4.78 is 64.9. The highest BCUT2D eigenvalue weighted by atomic mass is 32.2. The number of benzene rings is 1. The Bertz CT molecular complexity index is 1220. The van der Waals surface area contributed by atoms with E-state index in [2.05, 4.69) is 31.0 Å². The van der Waals surface area contributed by atoms with Gasteiger partial charge in [-0.2, -0.15) is 18.3 Å². The first kappa shape index (κ1) is 27.4. The predicted molar refractivity (Wildman–Crippen MR) is 128 cm³/mol. The molecule has 3 rings (SSSR count). The second-order valence-corrected chi connectivity index (χ2v) is 9.18. The number of hydrogen-bond donors (Lipinski definition) is 3. The lowest BCUT2D eigenvalue weighted by Crippen LogP contribution is -2.26. The molecule has 8 nitrogen and oxygen atoms in total. The smallest absolute Gasteiger partial charge is 0.389 e. The van der Waals surface area contributed by atoms with Crippen molar-refractivity contribution < 1.29 is 27.4 Å². The van der Waals surface area contributed by atoms with E-state index in [4.69, 9.17) is 11.2 Å². The van der Waals surface area contributed by atoms with Gasteiger partial charge in [-0.05, 0) is 44.0 Å². The Balaban J connectivity index is 1.77. The quantitative estimate of drug-likeness (QED) is 0.148. The van der Waals surface area contributed by atoms with Crippen LogP contribution in [-0.2, 0) is 17.5 Å². The van der Waals surface area contributed by atoms with Gasteiger partial charge in [0.1, 0.15) is 18.0 Å². The number of rotatable bonds is 11. The Morgan fingerprint density at radius 1 is 1.25 bits per heavy atom. The molecule has 0 fully saturated rings. The van der Waals surface area contributed by atoms with E-state index in [0.29, 0.717) is 24.2 Å². The minimum atomic E-state index is -4.73. The predicted octanol–water partition coefficient (Wildman–Crippen LogP) is 4.26. The Kier molecular flexibility index (Phi) is 8.91. The summed E-state index contributed by atoms with van der Waals surface area (Å²) in [6, 6.07) is 4.31. The summed E-state index contributed by atoms with van der Waals surface area (Å²) in [4.78, 5) is 8.29. The van der Waals surface area contributed by atoms with Gasteiger partial charge in [-0.1, -0.05) is 5.92 Å². The van der Waals surface area contributed by atoms with Crippen molar-refractivity contribution in [3.05, 3.63) is 48.2 Å². The molecule has 192 valence electrons. The molecule has 3 aromatic rings. The number of nitrogens with one attached hydrogen (secondary N) is 2. The largest absolute Gasteiger partial charge is 0.419 e. The topological polar surface area (TPSA) is 97.1 Å². The molecular formula is C23H24F4N6O2S. The molecular weight excluding hydrogens is 500 g/mol. The van der Waals surface area contributed by atoms with E-state index in [1.807, 2.05) is 0 Å². The van der Waals surface area contributed by atoms with Crippen molar-refractivity contribution in [1.29, 1.82) is 0 Å². The number of nitrogens with zero attached hydrogens (tertiary/aromatic N) is 4. The average Bonchev–Trinajstić information content (AvgIpc) is 3.24. The van der Waals surface area contributed by atoms with Gasteiger partial charge in [0.05, 0.1) is 36.3 Å². The van der Waals surface area contributed by atoms with Crippen LogP contribution in [0.2, 0.25) is 0 Å². The van der Waals surface area contributed by atoms with Crippen molar-refractivity contribution in [2.24, 2.45) is 0 Å². The fourth-order valence-corrected chi connectivity index (χ4v) is 3.65. The van der Waals surface area contributed by atoms with Crippen molar-refractivity contribution in [2.45, 2.75) is 37.1 Å². The second-order valence-electron chi connectivity index (χ2n) is 8.21. The first-order valence-corrected chi connectivity index (χ1v) is 11.4. The number of terminal acetylenes is 1. The third-order valence-corrected chi connectivity index (χ3v) is 5.30. The van der Waals surface area contributed by atoms with E-state index < -0.39 is 28.9 Å². The van der Waals surface area contributed by atoms with E-state index in [1.165, 1.54) is 41.2 Å². The number of ether oxygens (including phenoxy) is 1. The zero-order valence-electron chi connectivity index (χ0n) is 19.4. The van der Waals surface area contributed by atoms with Gasteiger partial charge >= 0.3 is 6.18 Å².